The fraction of sp³-hybridized carbons (Fsp3) is 0.765. The van der Waals surface area contributed by atoms with Crippen molar-refractivity contribution in [1.82, 2.24) is 10.3 Å². The van der Waals surface area contributed by atoms with Gasteiger partial charge in [-0.25, -0.2) is 4.98 Å². The van der Waals surface area contributed by atoms with Crippen LogP contribution in [0.3, 0.4) is 0 Å². The molecule has 1 aromatic heterocycles. The van der Waals surface area contributed by atoms with Gasteiger partial charge in [0.15, 0.2) is 5.13 Å². The Labute approximate surface area is 149 Å². The van der Waals surface area contributed by atoms with Gasteiger partial charge in [0.25, 0.3) is 0 Å². The van der Waals surface area contributed by atoms with Crippen LogP contribution in [0.2, 0.25) is 0 Å². The first-order chi connectivity index (χ1) is 10.7. The van der Waals surface area contributed by atoms with Gasteiger partial charge < -0.3 is 10.6 Å². The molecule has 0 aromatic carbocycles. The molecule has 4 nitrogen and oxygen atoms in total. The van der Waals surface area contributed by atoms with Gasteiger partial charge in [0.2, 0.25) is 5.91 Å². The predicted molar refractivity (Wildman–Crippen MR) is 98.6 cm³/mol. The fourth-order valence-corrected chi connectivity index (χ4v) is 4.64. The van der Waals surface area contributed by atoms with Crippen LogP contribution in [0.5, 0.6) is 0 Å². The van der Waals surface area contributed by atoms with Gasteiger partial charge in [-0.2, -0.15) is 0 Å². The molecule has 2 heterocycles. The quantitative estimate of drug-likeness (QED) is 0.806. The second-order valence-corrected chi connectivity index (χ2v) is 7.87. The van der Waals surface area contributed by atoms with Gasteiger partial charge in [-0.1, -0.05) is 13.3 Å². The molecule has 2 N–H and O–H groups in total. The molecule has 1 saturated heterocycles. The van der Waals surface area contributed by atoms with Crippen LogP contribution < -0.4 is 10.6 Å². The topological polar surface area (TPSA) is 54.0 Å². The number of aryl methyl sites for hydroxylation is 2. The summed E-state index contributed by atoms with van der Waals surface area (Å²) in [5.74, 6) is 1.19. The summed E-state index contributed by atoms with van der Waals surface area (Å²) in [6.07, 6.45) is 9.08. The van der Waals surface area contributed by atoms with Crippen LogP contribution in [0, 0.1) is 11.8 Å². The Kier molecular flexibility index (Phi) is 7.31. The maximum absolute atomic E-state index is 12.3. The van der Waals surface area contributed by atoms with E-state index >= 15 is 0 Å². The summed E-state index contributed by atoms with van der Waals surface area (Å²) in [7, 11) is 0. The van der Waals surface area contributed by atoms with E-state index in [9.17, 15) is 4.79 Å². The lowest BCUT2D eigenvalue weighted by atomic mass is 9.85. The van der Waals surface area contributed by atoms with Gasteiger partial charge in [0, 0.05) is 11.3 Å². The van der Waals surface area contributed by atoms with Crippen LogP contribution in [-0.2, 0) is 17.6 Å². The molecule has 0 saturated carbocycles. The third-order valence-corrected chi connectivity index (χ3v) is 6.06. The van der Waals surface area contributed by atoms with E-state index in [4.69, 9.17) is 0 Å². The zero-order valence-electron chi connectivity index (χ0n) is 13.9. The normalized spacial score (nSPS) is 22.4. The maximum atomic E-state index is 12.3. The highest BCUT2D eigenvalue weighted by atomic mass is 35.5. The number of piperidine rings is 1. The van der Waals surface area contributed by atoms with Crippen molar-refractivity contribution in [3.8, 4) is 0 Å². The van der Waals surface area contributed by atoms with Crippen LogP contribution in [0.15, 0.2) is 0 Å². The van der Waals surface area contributed by atoms with E-state index < -0.39 is 0 Å². The van der Waals surface area contributed by atoms with Crippen LogP contribution in [0.25, 0.3) is 0 Å². The minimum absolute atomic E-state index is 0. The number of nitrogens with one attached hydrogen (secondary N) is 2. The minimum Gasteiger partial charge on any atom is -0.316 e. The Morgan fingerprint density at radius 3 is 2.96 bits per heavy atom. The monoisotopic (exact) mass is 357 g/mol. The number of aromatic nitrogens is 1. The minimum atomic E-state index is 0. The summed E-state index contributed by atoms with van der Waals surface area (Å²) >= 11 is 1.68. The molecular weight excluding hydrogens is 330 g/mol. The average Bonchev–Trinajstić information content (AvgIpc) is 2.76. The Bertz CT molecular complexity index is 490. The van der Waals surface area contributed by atoms with Crippen molar-refractivity contribution in [3.05, 3.63) is 10.6 Å². The van der Waals surface area contributed by atoms with Crippen molar-refractivity contribution in [3.63, 3.8) is 0 Å². The van der Waals surface area contributed by atoms with E-state index in [0.29, 0.717) is 18.3 Å². The SMILES string of the molecule is CC(CC(=O)Nc1nc2c(s1)CCCCC2)C1CCCNC1.Cl. The number of amides is 1. The van der Waals surface area contributed by atoms with E-state index in [0.717, 1.165) is 31.1 Å². The number of carbonyl (C=O) groups excluding carboxylic acids is 1. The molecule has 0 spiro atoms. The molecule has 6 heteroatoms. The number of hydrogen-bond acceptors (Lipinski definition) is 4. The maximum Gasteiger partial charge on any atom is 0.226 e. The lowest BCUT2D eigenvalue weighted by molar-refractivity contribution is -0.117. The molecule has 1 amide bonds. The van der Waals surface area contributed by atoms with Crippen LogP contribution in [0.4, 0.5) is 5.13 Å². The number of anilines is 1. The molecule has 1 aliphatic heterocycles. The average molecular weight is 358 g/mol. The number of carbonyl (C=O) groups is 1. The highest BCUT2D eigenvalue weighted by molar-refractivity contribution is 7.15. The van der Waals surface area contributed by atoms with Gasteiger partial charge in [0.05, 0.1) is 5.69 Å². The molecule has 2 unspecified atom stereocenters. The second kappa shape index (κ2) is 9.00. The predicted octanol–water partition coefficient (Wildman–Crippen LogP) is 3.80. The van der Waals surface area contributed by atoms with Gasteiger partial charge >= 0.3 is 0 Å². The van der Waals surface area contributed by atoms with Crippen LogP contribution in [-0.4, -0.2) is 24.0 Å². The number of hydrogen-bond donors (Lipinski definition) is 2. The highest BCUT2D eigenvalue weighted by Gasteiger charge is 2.23. The summed E-state index contributed by atoms with van der Waals surface area (Å²) in [6.45, 7) is 4.38. The van der Waals surface area contributed by atoms with Gasteiger partial charge in [-0.05, 0) is 63.5 Å². The molecule has 1 aromatic rings. The summed E-state index contributed by atoms with van der Waals surface area (Å²) in [5.41, 5.74) is 1.22. The van der Waals surface area contributed by atoms with E-state index in [2.05, 4.69) is 22.5 Å². The van der Waals surface area contributed by atoms with Crippen molar-refractivity contribution < 1.29 is 4.79 Å². The number of thiazole rings is 1. The molecule has 0 radical (unpaired) electrons. The van der Waals surface area contributed by atoms with E-state index in [1.54, 1.807) is 11.3 Å². The zero-order valence-corrected chi connectivity index (χ0v) is 15.5. The number of halogens is 1. The molecule has 1 fully saturated rings. The smallest absolute Gasteiger partial charge is 0.226 e. The molecule has 3 rings (SSSR count). The molecule has 130 valence electrons. The Hall–Kier alpha value is -0.650. The Balaban J connectivity index is 0.00000192. The van der Waals surface area contributed by atoms with E-state index in [1.165, 1.54) is 42.7 Å². The fourth-order valence-electron chi connectivity index (χ4n) is 3.58. The van der Waals surface area contributed by atoms with E-state index in [-0.39, 0.29) is 18.3 Å². The zero-order chi connectivity index (χ0) is 15.4. The summed E-state index contributed by atoms with van der Waals surface area (Å²) in [6, 6.07) is 0. The Morgan fingerprint density at radius 1 is 1.35 bits per heavy atom. The highest BCUT2D eigenvalue weighted by Crippen LogP contribution is 2.29. The number of nitrogens with zero attached hydrogens (tertiary/aromatic N) is 1. The number of rotatable bonds is 4. The molecule has 2 aliphatic rings. The van der Waals surface area contributed by atoms with Crippen molar-refractivity contribution in [2.45, 2.75) is 58.3 Å². The third-order valence-electron chi connectivity index (χ3n) is 4.99. The first kappa shape index (κ1) is 18.7. The second-order valence-electron chi connectivity index (χ2n) is 6.79. The van der Waals surface area contributed by atoms with Crippen LogP contribution >= 0.6 is 23.7 Å². The lowest BCUT2D eigenvalue weighted by Crippen LogP contribution is -2.34. The summed E-state index contributed by atoms with van der Waals surface area (Å²) < 4.78 is 0. The lowest BCUT2D eigenvalue weighted by Gasteiger charge is -2.27. The van der Waals surface area contributed by atoms with Gasteiger partial charge in [-0.3, -0.25) is 4.79 Å². The number of fused-ring (bicyclic) bond motifs is 1. The first-order valence-corrected chi connectivity index (χ1v) is 9.53. The van der Waals surface area contributed by atoms with Crippen LogP contribution in [0.1, 0.15) is 56.0 Å². The van der Waals surface area contributed by atoms with E-state index in [1.807, 2.05) is 0 Å². The van der Waals surface area contributed by atoms with Crippen molar-refractivity contribution in [1.29, 1.82) is 0 Å². The summed E-state index contributed by atoms with van der Waals surface area (Å²) in [5, 5.41) is 7.28. The van der Waals surface area contributed by atoms with Gasteiger partial charge in [0.1, 0.15) is 0 Å². The van der Waals surface area contributed by atoms with Gasteiger partial charge in [-0.15, -0.1) is 23.7 Å². The Morgan fingerprint density at radius 2 is 2.17 bits per heavy atom. The molecular formula is C17H28ClN3OS. The first-order valence-electron chi connectivity index (χ1n) is 8.71. The molecule has 2 atom stereocenters. The molecule has 23 heavy (non-hydrogen) atoms. The third kappa shape index (κ3) is 5.16. The standard InChI is InChI=1S/C17H27N3OS.ClH/c1-12(13-6-5-9-18-11-13)10-16(21)20-17-19-14-7-3-2-4-8-15(14)22-17;/h12-13,18H,2-11H2,1H3,(H,19,20,21);1H. The van der Waals surface area contributed by atoms with Crippen molar-refractivity contribution in [2.24, 2.45) is 11.8 Å². The molecule has 0 bridgehead atoms. The molecule has 1 aliphatic carbocycles. The summed E-state index contributed by atoms with van der Waals surface area (Å²) in [4.78, 5) is 18.3. The largest absolute Gasteiger partial charge is 0.316 e. The van der Waals surface area contributed by atoms with Crippen molar-refractivity contribution in [2.75, 3.05) is 18.4 Å². The van der Waals surface area contributed by atoms with Crippen molar-refractivity contribution >= 4 is 34.8 Å².